The zero-order valence-corrected chi connectivity index (χ0v) is 5.41. The van der Waals surface area contributed by atoms with Crippen LogP contribution in [0.25, 0.3) is 0 Å². The first kappa shape index (κ1) is 5.89. The molecule has 1 aliphatic heterocycles. The van der Waals surface area contributed by atoms with Crippen LogP contribution in [0.15, 0.2) is 11.6 Å². The summed E-state index contributed by atoms with van der Waals surface area (Å²) < 4.78 is 0. The van der Waals surface area contributed by atoms with Gasteiger partial charge < -0.3 is 0 Å². The predicted molar refractivity (Wildman–Crippen MR) is 36.1 cm³/mol. The summed E-state index contributed by atoms with van der Waals surface area (Å²) in [5, 5.41) is 0. The summed E-state index contributed by atoms with van der Waals surface area (Å²) in [5.41, 5.74) is 0.976. The van der Waals surface area contributed by atoms with Gasteiger partial charge in [0.1, 0.15) is 6.29 Å². The Hall–Kier alpha value is -0.240. The van der Waals surface area contributed by atoms with E-state index in [1.807, 2.05) is 17.8 Å². The third-order valence-corrected chi connectivity index (χ3v) is 2.04. The molecule has 0 amide bonds. The van der Waals surface area contributed by atoms with Gasteiger partial charge in [-0.1, -0.05) is 6.08 Å². The van der Waals surface area contributed by atoms with Crippen LogP contribution in [0.3, 0.4) is 0 Å². The van der Waals surface area contributed by atoms with Crippen molar-refractivity contribution in [2.75, 3.05) is 11.5 Å². The van der Waals surface area contributed by atoms with Crippen LogP contribution in [0, 0.1) is 0 Å². The molecule has 0 N–H and O–H groups in total. The number of hydrogen-bond donors (Lipinski definition) is 0. The maximum Gasteiger partial charge on any atom is 0.145 e. The maximum atomic E-state index is 10.1. The summed E-state index contributed by atoms with van der Waals surface area (Å²) in [6.07, 6.45) is 3.93. The maximum absolute atomic E-state index is 10.1. The second-order valence-corrected chi connectivity index (χ2v) is 2.87. The van der Waals surface area contributed by atoms with Crippen LogP contribution in [0.5, 0.6) is 0 Å². The van der Waals surface area contributed by atoms with Crippen molar-refractivity contribution in [3.8, 4) is 0 Å². The molecular formula is C6H8OS. The van der Waals surface area contributed by atoms with Gasteiger partial charge in [0.25, 0.3) is 0 Å². The van der Waals surface area contributed by atoms with Crippen LogP contribution in [0.2, 0.25) is 0 Å². The smallest absolute Gasteiger partial charge is 0.145 e. The molecule has 0 aromatic rings. The molecule has 0 fully saturated rings. The fraction of sp³-hybridized carbons (Fsp3) is 0.500. The van der Waals surface area contributed by atoms with Crippen molar-refractivity contribution in [2.24, 2.45) is 0 Å². The van der Waals surface area contributed by atoms with Crippen LogP contribution >= 0.6 is 11.8 Å². The molecule has 1 heterocycles. The highest BCUT2D eigenvalue weighted by molar-refractivity contribution is 7.99. The largest absolute Gasteiger partial charge is 0.298 e. The normalized spacial score (nSPS) is 19.8. The van der Waals surface area contributed by atoms with E-state index in [2.05, 4.69) is 0 Å². The Bertz CT molecular complexity index is 118. The van der Waals surface area contributed by atoms with Crippen molar-refractivity contribution in [2.45, 2.75) is 6.42 Å². The molecule has 0 unspecified atom stereocenters. The van der Waals surface area contributed by atoms with Gasteiger partial charge in [0.2, 0.25) is 0 Å². The summed E-state index contributed by atoms with van der Waals surface area (Å²) in [7, 11) is 0. The van der Waals surface area contributed by atoms with E-state index in [1.54, 1.807) is 0 Å². The first-order valence-corrected chi connectivity index (χ1v) is 3.81. The third kappa shape index (κ3) is 1.37. The molecule has 0 aliphatic carbocycles. The number of allylic oxidation sites excluding steroid dienone is 1. The first-order valence-electron chi connectivity index (χ1n) is 2.65. The molecule has 2 heteroatoms. The number of thioether (sulfide) groups is 1. The van der Waals surface area contributed by atoms with Crippen LogP contribution in [-0.4, -0.2) is 17.8 Å². The molecular weight excluding hydrogens is 120 g/mol. The van der Waals surface area contributed by atoms with E-state index < -0.39 is 0 Å². The lowest BCUT2D eigenvalue weighted by molar-refractivity contribution is -0.105. The highest BCUT2D eigenvalue weighted by atomic mass is 32.2. The zero-order chi connectivity index (χ0) is 5.82. The summed E-state index contributed by atoms with van der Waals surface area (Å²) in [6.45, 7) is 0. The molecule has 1 rings (SSSR count). The lowest BCUT2D eigenvalue weighted by Crippen LogP contribution is -1.95. The Balaban J connectivity index is 2.49. The summed E-state index contributed by atoms with van der Waals surface area (Å²) in [5.74, 6) is 2.14. The fourth-order valence-corrected chi connectivity index (χ4v) is 1.53. The van der Waals surface area contributed by atoms with Crippen molar-refractivity contribution >= 4 is 18.0 Å². The summed E-state index contributed by atoms with van der Waals surface area (Å²) >= 11 is 1.88. The third-order valence-electron chi connectivity index (χ3n) is 1.15. The molecule has 8 heavy (non-hydrogen) atoms. The fourth-order valence-electron chi connectivity index (χ4n) is 0.648. The molecule has 0 atom stereocenters. The van der Waals surface area contributed by atoms with E-state index in [-0.39, 0.29) is 0 Å². The second kappa shape index (κ2) is 2.92. The van der Waals surface area contributed by atoms with Crippen molar-refractivity contribution in [1.82, 2.24) is 0 Å². The zero-order valence-electron chi connectivity index (χ0n) is 4.59. The molecule has 0 spiro atoms. The van der Waals surface area contributed by atoms with Gasteiger partial charge in [-0.05, 0) is 17.7 Å². The van der Waals surface area contributed by atoms with Gasteiger partial charge in [-0.3, -0.25) is 4.79 Å². The number of rotatable bonds is 1. The summed E-state index contributed by atoms with van der Waals surface area (Å²) in [6, 6.07) is 0. The quantitative estimate of drug-likeness (QED) is 0.494. The standard InChI is InChI=1S/C6H8OS/c7-5-6-1-3-8-4-2-6/h1,5H,2-4H2. The molecule has 0 saturated heterocycles. The Labute approximate surface area is 53.2 Å². The highest BCUT2D eigenvalue weighted by Crippen LogP contribution is 2.14. The summed E-state index contributed by atoms with van der Waals surface area (Å²) in [4.78, 5) is 10.1. The minimum absolute atomic E-state index is 0.958. The van der Waals surface area contributed by atoms with Crippen LogP contribution in [0.4, 0.5) is 0 Å². The van der Waals surface area contributed by atoms with Crippen LogP contribution in [0.1, 0.15) is 6.42 Å². The van der Waals surface area contributed by atoms with Gasteiger partial charge in [-0.2, -0.15) is 11.8 Å². The topological polar surface area (TPSA) is 17.1 Å². The monoisotopic (exact) mass is 128 g/mol. The molecule has 0 saturated carbocycles. The molecule has 0 radical (unpaired) electrons. The van der Waals surface area contributed by atoms with Crippen molar-refractivity contribution in [1.29, 1.82) is 0 Å². The van der Waals surface area contributed by atoms with Crippen molar-refractivity contribution in [3.05, 3.63) is 11.6 Å². The van der Waals surface area contributed by atoms with Crippen LogP contribution in [-0.2, 0) is 4.79 Å². The van der Waals surface area contributed by atoms with E-state index in [4.69, 9.17) is 0 Å². The van der Waals surface area contributed by atoms with E-state index >= 15 is 0 Å². The van der Waals surface area contributed by atoms with Gasteiger partial charge in [-0.25, -0.2) is 0 Å². The van der Waals surface area contributed by atoms with Gasteiger partial charge >= 0.3 is 0 Å². The SMILES string of the molecule is O=CC1=CCSCC1. The molecule has 44 valence electrons. The van der Waals surface area contributed by atoms with Gasteiger partial charge in [-0.15, -0.1) is 0 Å². The second-order valence-electron chi connectivity index (χ2n) is 1.72. The number of hydrogen-bond acceptors (Lipinski definition) is 2. The minimum atomic E-state index is 0.958. The Morgan fingerprint density at radius 2 is 2.62 bits per heavy atom. The lowest BCUT2D eigenvalue weighted by Gasteiger charge is -2.04. The molecule has 0 aromatic heterocycles. The molecule has 0 bridgehead atoms. The average Bonchev–Trinajstić information content (AvgIpc) is 1.90. The Morgan fingerprint density at radius 3 is 3.00 bits per heavy atom. The van der Waals surface area contributed by atoms with Crippen molar-refractivity contribution in [3.63, 3.8) is 0 Å². The lowest BCUT2D eigenvalue weighted by atomic mass is 10.2. The average molecular weight is 128 g/mol. The van der Waals surface area contributed by atoms with Gasteiger partial charge in [0.05, 0.1) is 0 Å². The van der Waals surface area contributed by atoms with Crippen molar-refractivity contribution < 1.29 is 4.79 Å². The first-order chi connectivity index (χ1) is 3.93. The number of carbonyl (C=O) groups is 1. The predicted octanol–water partition coefficient (Wildman–Crippen LogP) is 1.25. The van der Waals surface area contributed by atoms with E-state index in [0.717, 1.165) is 29.8 Å². The Kier molecular flexibility index (Phi) is 2.15. The minimum Gasteiger partial charge on any atom is -0.298 e. The Morgan fingerprint density at radius 1 is 1.75 bits per heavy atom. The van der Waals surface area contributed by atoms with E-state index in [9.17, 15) is 4.79 Å². The highest BCUT2D eigenvalue weighted by Gasteiger charge is 1.99. The number of aldehydes is 1. The molecule has 0 aromatic carbocycles. The number of carbonyl (C=O) groups excluding carboxylic acids is 1. The molecule has 1 aliphatic rings. The molecule has 1 nitrogen and oxygen atoms in total. The van der Waals surface area contributed by atoms with E-state index in [0.29, 0.717) is 0 Å². The van der Waals surface area contributed by atoms with Gasteiger partial charge in [0.15, 0.2) is 0 Å². The van der Waals surface area contributed by atoms with Crippen LogP contribution < -0.4 is 0 Å². The van der Waals surface area contributed by atoms with E-state index in [1.165, 1.54) is 0 Å². The van der Waals surface area contributed by atoms with Gasteiger partial charge in [0, 0.05) is 5.75 Å².